The molecular formula is C17H14N2OS. The van der Waals surface area contributed by atoms with Gasteiger partial charge in [-0.15, -0.1) is 0 Å². The normalized spacial score (nSPS) is 10.5. The van der Waals surface area contributed by atoms with E-state index < -0.39 is 0 Å². The number of hydrogen-bond acceptors (Lipinski definition) is 3. The average Bonchev–Trinajstić information content (AvgIpc) is 2.53. The largest absolute Gasteiger partial charge is 0.489 e. The van der Waals surface area contributed by atoms with Crippen molar-refractivity contribution in [2.24, 2.45) is 5.73 Å². The molecule has 0 fully saturated rings. The maximum Gasteiger partial charge on any atom is 0.122 e. The first kappa shape index (κ1) is 13.5. The molecule has 104 valence electrons. The number of nitrogens with two attached hydrogens (primary N) is 1. The van der Waals surface area contributed by atoms with Gasteiger partial charge in [0.2, 0.25) is 0 Å². The maximum atomic E-state index is 5.81. The lowest BCUT2D eigenvalue weighted by Gasteiger charge is -2.08. The number of ether oxygens (including phenoxy) is 1. The van der Waals surface area contributed by atoms with Crippen LogP contribution in [0.15, 0.2) is 60.8 Å². The minimum absolute atomic E-state index is 0.395. The molecule has 3 aromatic rings. The topological polar surface area (TPSA) is 48.1 Å². The molecule has 1 aromatic heterocycles. The zero-order valence-electron chi connectivity index (χ0n) is 11.3. The maximum absolute atomic E-state index is 5.81. The molecule has 4 heteroatoms. The van der Waals surface area contributed by atoms with Crippen LogP contribution >= 0.6 is 12.2 Å². The zero-order valence-corrected chi connectivity index (χ0v) is 12.1. The lowest BCUT2D eigenvalue weighted by atomic mass is 10.1. The number of rotatable bonds is 4. The molecular weight excluding hydrogens is 280 g/mol. The van der Waals surface area contributed by atoms with E-state index in [2.05, 4.69) is 4.98 Å². The summed E-state index contributed by atoms with van der Waals surface area (Å²) in [5, 5.41) is 1.10. The predicted octanol–water partition coefficient (Wildman–Crippen LogP) is 3.45. The molecule has 0 atom stereocenters. The fourth-order valence-corrected chi connectivity index (χ4v) is 2.24. The van der Waals surface area contributed by atoms with Crippen LogP contribution in [0, 0.1) is 0 Å². The molecule has 0 saturated carbocycles. The third-order valence-electron chi connectivity index (χ3n) is 3.19. The van der Waals surface area contributed by atoms with Crippen LogP contribution in [0.5, 0.6) is 5.75 Å². The van der Waals surface area contributed by atoms with E-state index in [1.54, 1.807) is 6.20 Å². The first-order valence-electron chi connectivity index (χ1n) is 6.59. The molecule has 0 aliphatic rings. The Morgan fingerprint density at radius 2 is 2.00 bits per heavy atom. The lowest BCUT2D eigenvalue weighted by Crippen LogP contribution is -2.09. The summed E-state index contributed by atoms with van der Waals surface area (Å²) in [5.41, 5.74) is 8.44. The average molecular weight is 294 g/mol. The van der Waals surface area contributed by atoms with Gasteiger partial charge in [-0.1, -0.05) is 36.5 Å². The van der Waals surface area contributed by atoms with Crippen molar-refractivity contribution in [2.45, 2.75) is 6.61 Å². The van der Waals surface area contributed by atoms with Crippen LogP contribution in [0.4, 0.5) is 0 Å². The van der Waals surface area contributed by atoms with E-state index in [4.69, 9.17) is 22.7 Å². The summed E-state index contributed by atoms with van der Waals surface area (Å²) in [7, 11) is 0. The van der Waals surface area contributed by atoms with Crippen LogP contribution in [0.25, 0.3) is 10.9 Å². The van der Waals surface area contributed by atoms with Crippen molar-refractivity contribution >= 4 is 28.1 Å². The fraction of sp³-hybridized carbons (Fsp3) is 0.0588. The molecule has 21 heavy (non-hydrogen) atoms. The third-order valence-corrected chi connectivity index (χ3v) is 3.43. The number of fused-ring (bicyclic) bond motifs is 1. The minimum atomic E-state index is 0.395. The fourth-order valence-electron chi connectivity index (χ4n) is 2.12. The number of hydrogen-bond donors (Lipinski definition) is 1. The van der Waals surface area contributed by atoms with E-state index in [0.29, 0.717) is 11.6 Å². The molecule has 3 nitrogen and oxygen atoms in total. The second kappa shape index (κ2) is 5.89. The number of aromatic nitrogens is 1. The summed E-state index contributed by atoms with van der Waals surface area (Å²) in [6.07, 6.45) is 1.78. The van der Waals surface area contributed by atoms with Gasteiger partial charge in [0.25, 0.3) is 0 Å². The summed E-state index contributed by atoms with van der Waals surface area (Å²) in [6, 6.07) is 17.6. The second-order valence-corrected chi connectivity index (χ2v) is 5.15. The van der Waals surface area contributed by atoms with E-state index in [1.807, 2.05) is 54.6 Å². The van der Waals surface area contributed by atoms with Crippen LogP contribution in [-0.2, 0) is 6.61 Å². The highest BCUT2D eigenvalue weighted by atomic mass is 32.1. The van der Waals surface area contributed by atoms with Crippen LogP contribution in [0.3, 0.4) is 0 Å². The molecule has 0 bridgehead atoms. The predicted molar refractivity (Wildman–Crippen MR) is 88.4 cm³/mol. The molecule has 0 unspecified atom stereocenters. The standard InChI is InChI=1S/C17H14N2OS/c18-17(21)14-4-1-3-12(9-14)11-20-15-7-6-13-5-2-8-19-16(13)10-15/h1-10H,11H2,(H2,18,21). The number of thiocarbonyl (C=S) groups is 1. The van der Waals surface area contributed by atoms with Crippen molar-refractivity contribution in [2.75, 3.05) is 0 Å². The zero-order chi connectivity index (χ0) is 14.7. The van der Waals surface area contributed by atoms with Gasteiger partial charge in [-0.05, 0) is 29.8 Å². The van der Waals surface area contributed by atoms with Gasteiger partial charge in [-0.2, -0.15) is 0 Å². The molecule has 0 aliphatic heterocycles. The Hall–Kier alpha value is -2.46. The highest BCUT2D eigenvalue weighted by Gasteiger charge is 2.01. The van der Waals surface area contributed by atoms with Gasteiger partial charge in [0.1, 0.15) is 17.3 Å². The smallest absolute Gasteiger partial charge is 0.122 e. The Morgan fingerprint density at radius 3 is 2.86 bits per heavy atom. The Balaban J connectivity index is 1.77. The molecule has 0 aliphatic carbocycles. The molecule has 0 radical (unpaired) electrons. The van der Waals surface area contributed by atoms with Crippen molar-refractivity contribution in [3.05, 3.63) is 71.9 Å². The first-order chi connectivity index (χ1) is 10.2. The van der Waals surface area contributed by atoms with E-state index in [1.165, 1.54) is 0 Å². The van der Waals surface area contributed by atoms with Gasteiger partial charge in [0.05, 0.1) is 5.52 Å². The van der Waals surface area contributed by atoms with Crippen LogP contribution in [0.2, 0.25) is 0 Å². The van der Waals surface area contributed by atoms with Crippen molar-refractivity contribution in [1.29, 1.82) is 0 Å². The van der Waals surface area contributed by atoms with Gasteiger partial charge in [0, 0.05) is 23.2 Å². The van der Waals surface area contributed by atoms with Crippen LogP contribution in [0.1, 0.15) is 11.1 Å². The van der Waals surface area contributed by atoms with Crippen molar-refractivity contribution < 1.29 is 4.74 Å². The molecule has 0 saturated heterocycles. The summed E-state index contributed by atoms with van der Waals surface area (Å²) >= 11 is 4.98. The van der Waals surface area contributed by atoms with Crippen LogP contribution < -0.4 is 10.5 Å². The van der Waals surface area contributed by atoms with Crippen molar-refractivity contribution in [3.8, 4) is 5.75 Å². The summed E-state index contributed by atoms with van der Waals surface area (Å²) in [5.74, 6) is 0.793. The molecule has 2 N–H and O–H groups in total. The van der Waals surface area contributed by atoms with Crippen molar-refractivity contribution in [1.82, 2.24) is 4.98 Å². The summed E-state index contributed by atoms with van der Waals surface area (Å²) in [4.78, 5) is 4.72. The van der Waals surface area contributed by atoms with E-state index >= 15 is 0 Å². The van der Waals surface area contributed by atoms with Gasteiger partial charge >= 0.3 is 0 Å². The minimum Gasteiger partial charge on any atom is -0.489 e. The summed E-state index contributed by atoms with van der Waals surface area (Å²) in [6.45, 7) is 0.467. The Bertz CT molecular complexity index is 801. The Kier molecular flexibility index (Phi) is 3.79. The monoisotopic (exact) mass is 294 g/mol. The Labute approximate surface area is 128 Å². The van der Waals surface area contributed by atoms with E-state index in [0.717, 1.165) is 27.8 Å². The molecule has 0 amide bonds. The van der Waals surface area contributed by atoms with E-state index in [9.17, 15) is 0 Å². The van der Waals surface area contributed by atoms with Gasteiger partial charge in [0.15, 0.2) is 0 Å². The number of pyridine rings is 1. The summed E-state index contributed by atoms with van der Waals surface area (Å²) < 4.78 is 5.81. The third kappa shape index (κ3) is 3.17. The van der Waals surface area contributed by atoms with Crippen molar-refractivity contribution in [3.63, 3.8) is 0 Å². The number of nitrogens with zero attached hydrogens (tertiary/aromatic N) is 1. The number of benzene rings is 2. The van der Waals surface area contributed by atoms with Crippen LogP contribution in [-0.4, -0.2) is 9.97 Å². The Morgan fingerprint density at radius 1 is 1.10 bits per heavy atom. The SMILES string of the molecule is NC(=S)c1cccc(COc2ccc3cccnc3c2)c1. The molecule has 2 aromatic carbocycles. The van der Waals surface area contributed by atoms with Gasteiger partial charge < -0.3 is 10.5 Å². The first-order valence-corrected chi connectivity index (χ1v) is 6.99. The quantitative estimate of drug-likeness (QED) is 0.749. The molecule has 0 spiro atoms. The highest BCUT2D eigenvalue weighted by molar-refractivity contribution is 7.80. The highest BCUT2D eigenvalue weighted by Crippen LogP contribution is 2.20. The van der Waals surface area contributed by atoms with Gasteiger partial charge in [-0.25, -0.2) is 0 Å². The molecule has 3 rings (SSSR count). The molecule has 1 heterocycles. The lowest BCUT2D eigenvalue weighted by molar-refractivity contribution is 0.306. The van der Waals surface area contributed by atoms with E-state index in [-0.39, 0.29) is 0 Å². The van der Waals surface area contributed by atoms with Gasteiger partial charge in [-0.3, -0.25) is 4.98 Å². The second-order valence-electron chi connectivity index (χ2n) is 4.71.